The quantitative estimate of drug-likeness (QED) is 0.621. The predicted octanol–water partition coefficient (Wildman–Crippen LogP) is 4.01. The summed E-state index contributed by atoms with van der Waals surface area (Å²) in [5.41, 5.74) is 1.58. The van der Waals surface area contributed by atoms with Crippen LogP contribution in [0.25, 0.3) is 10.9 Å². The van der Waals surface area contributed by atoms with E-state index in [1.807, 2.05) is 42.5 Å². The highest BCUT2D eigenvalue weighted by Crippen LogP contribution is 2.33. The fourth-order valence-electron chi connectivity index (χ4n) is 3.34. The molecule has 2 aromatic carbocycles. The molecule has 2 amide bonds. The number of hydrogen-bond acceptors (Lipinski definition) is 4. The number of anilines is 1. The molecule has 0 spiro atoms. The van der Waals surface area contributed by atoms with E-state index < -0.39 is 6.04 Å². The van der Waals surface area contributed by atoms with Crippen LogP contribution in [0.2, 0.25) is 5.02 Å². The van der Waals surface area contributed by atoms with Gasteiger partial charge in [0, 0.05) is 23.4 Å². The van der Waals surface area contributed by atoms with Crippen LogP contribution in [0, 0.1) is 4.77 Å². The summed E-state index contributed by atoms with van der Waals surface area (Å²) < 4.78 is 2.04. The van der Waals surface area contributed by atoms with Crippen molar-refractivity contribution in [1.29, 1.82) is 0 Å². The Morgan fingerprint density at radius 1 is 1.21 bits per heavy atom. The van der Waals surface area contributed by atoms with E-state index in [0.717, 1.165) is 16.5 Å². The topological polar surface area (TPSA) is 76.0 Å². The van der Waals surface area contributed by atoms with Gasteiger partial charge in [-0.1, -0.05) is 41.9 Å². The molecule has 0 saturated carbocycles. The molecule has 0 fully saturated rings. The van der Waals surface area contributed by atoms with Crippen LogP contribution in [-0.4, -0.2) is 21.4 Å². The molecule has 1 aliphatic heterocycles. The molecular formula is C20H17ClN4O2S. The van der Waals surface area contributed by atoms with Gasteiger partial charge in [-0.3, -0.25) is 14.2 Å². The molecule has 0 bridgehead atoms. The maximum Gasteiger partial charge on any atom is 0.248 e. The molecule has 142 valence electrons. The van der Waals surface area contributed by atoms with Crippen molar-refractivity contribution < 1.29 is 9.59 Å². The second-order valence-electron chi connectivity index (χ2n) is 6.54. The van der Waals surface area contributed by atoms with Gasteiger partial charge in [-0.15, -0.1) is 0 Å². The van der Waals surface area contributed by atoms with E-state index in [2.05, 4.69) is 15.6 Å². The second-order valence-corrected chi connectivity index (χ2v) is 7.31. The van der Waals surface area contributed by atoms with Crippen LogP contribution < -0.4 is 10.6 Å². The number of fused-ring (bicyclic) bond motifs is 3. The highest BCUT2D eigenvalue weighted by Gasteiger charge is 2.32. The van der Waals surface area contributed by atoms with Gasteiger partial charge in [0.1, 0.15) is 11.9 Å². The summed E-state index contributed by atoms with van der Waals surface area (Å²) in [4.78, 5) is 29.2. The van der Waals surface area contributed by atoms with Crippen LogP contribution in [0.1, 0.15) is 24.4 Å². The molecule has 6 nitrogen and oxygen atoms in total. The van der Waals surface area contributed by atoms with Gasteiger partial charge in [0.05, 0.1) is 5.52 Å². The number of para-hydroxylation sites is 1. The van der Waals surface area contributed by atoms with Crippen molar-refractivity contribution in [3.05, 3.63) is 63.9 Å². The monoisotopic (exact) mass is 412 g/mol. The molecule has 4 rings (SSSR count). The van der Waals surface area contributed by atoms with Crippen LogP contribution >= 0.6 is 23.8 Å². The summed E-state index contributed by atoms with van der Waals surface area (Å²) in [6, 6.07) is 14.3. The highest BCUT2D eigenvalue weighted by molar-refractivity contribution is 7.71. The lowest BCUT2D eigenvalue weighted by molar-refractivity contribution is -0.122. The minimum atomic E-state index is -0.550. The normalized spacial score (nSPS) is 15.3. The molecule has 1 aliphatic rings. The molecule has 3 aromatic rings. The van der Waals surface area contributed by atoms with Gasteiger partial charge in [-0.25, -0.2) is 4.98 Å². The van der Waals surface area contributed by atoms with Crippen molar-refractivity contribution in [2.45, 2.75) is 25.4 Å². The van der Waals surface area contributed by atoms with Gasteiger partial charge in [0.25, 0.3) is 0 Å². The second kappa shape index (κ2) is 7.69. The molecule has 0 aliphatic carbocycles. The van der Waals surface area contributed by atoms with Crippen molar-refractivity contribution in [1.82, 2.24) is 14.9 Å². The first-order valence-corrected chi connectivity index (χ1v) is 9.65. The first kappa shape index (κ1) is 18.6. The summed E-state index contributed by atoms with van der Waals surface area (Å²) in [7, 11) is 0. The molecule has 8 heteroatoms. The summed E-state index contributed by atoms with van der Waals surface area (Å²) >= 11 is 11.5. The zero-order chi connectivity index (χ0) is 19.7. The van der Waals surface area contributed by atoms with Crippen molar-refractivity contribution in [3.63, 3.8) is 0 Å². The Hall–Kier alpha value is -2.77. The summed E-state index contributed by atoms with van der Waals surface area (Å²) in [6.07, 6.45) is 0.526. The van der Waals surface area contributed by atoms with E-state index in [1.54, 1.807) is 10.6 Å². The Balaban J connectivity index is 1.47. The Kier molecular flexibility index (Phi) is 5.11. The Bertz CT molecular complexity index is 1140. The molecule has 1 aromatic heterocycles. The highest BCUT2D eigenvalue weighted by atomic mass is 35.5. The van der Waals surface area contributed by atoms with Gasteiger partial charge in [0.2, 0.25) is 16.6 Å². The third kappa shape index (κ3) is 3.50. The lowest BCUT2D eigenvalue weighted by Crippen LogP contribution is -2.25. The third-order valence-corrected chi connectivity index (χ3v) is 5.41. The number of carbonyl (C=O) groups excluding carboxylic acids is 2. The molecule has 28 heavy (non-hydrogen) atoms. The van der Waals surface area contributed by atoms with E-state index in [1.165, 1.54) is 0 Å². The van der Waals surface area contributed by atoms with E-state index in [9.17, 15) is 9.59 Å². The van der Waals surface area contributed by atoms with Crippen molar-refractivity contribution in [3.8, 4) is 0 Å². The average Bonchev–Trinajstić information content (AvgIpc) is 3.03. The molecule has 1 atom stereocenters. The minimum Gasteiger partial charge on any atom is -0.352 e. The SMILES string of the molecule is O=C(CCC1C(=O)Nc2c3ccccc3nc(=S)n21)NCc1ccccc1Cl. The smallest absolute Gasteiger partial charge is 0.248 e. The van der Waals surface area contributed by atoms with Crippen LogP contribution in [0.3, 0.4) is 0 Å². The van der Waals surface area contributed by atoms with E-state index >= 15 is 0 Å². The Morgan fingerprint density at radius 2 is 1.96 bits per heavy atom. The number of hydrogen-bond donors (Lipinski definition) is 2. The lowest BCUT2D eigenvalue weighted by Gasteiger charge is -2.13. The minimum absolute atomic E-state index is 0.151. The zero-order valence-electron chi connectivity index (χ0n) is 14.8. The van der Waals surface area contributed by atoms with E-state index in [-0.39, 0.29) is 18.2 Å². The number of rotatable bonds is 5. The first-order chi connectivity index (χ1) is 13.5. The third-order valence-electron chi connectivity index (χ3n) is 4.76. The number of carbonyl (C=O) groups is 2. The molecule has 2 heterocycles. The summed E-state index contributed by atoms with van der Waals surface area (Å²) in [5.74, 6) is 0.312. The summed E-state index contributed by atoms with van der Waals surface area (Å²) in [5, 5.41) is 7.17. The number of aromatic nitrogens is 2. The van der Waals surface area contributed by atoms with Crippen molar-refractivity contribution in [2.75, 3.05) is 5.32 Å². The van der Waals surface area contributed by atoms with E-state index in [0.29, 0.717) is 28.6 Å². The predicted molar refractivity (Wildman–Crippen MR) is 111 cm³/mol. The molecule has 2 N–H and O–H groups in total. The fraction of sp³-hybridized carbons (Fsp3) is 0.200. The molecule has 1 unspecified atom stereocenters. The van der Waals surface area contributed by atoms with E-state index in [4.69, 9.17) is 23.8 Å². The Labute approximate surface area is 171 Å². The van der Waals surface area contributed by atoms with Gasteiger partial charge in [-0.2, -0.15) is 0 Å². The van der Waals surface area contributed by atoms with Gasteiger partial charge < -0.3 is 10.6 Å². The van der Waals surface area contributed by atoms with Crippen LogP contribution in [0.15, 0.2) is 48.5 Å². The van der Waals surface area contributed by atoms with Crippen LogP contribution in [0.4, 0.5) is 5.82 Å². The standard InChI is InChI=1S/C20H17ClN4O2S/c21-14-7-3-1-5-12(14)11-22-17(26)10-9-16-19(27)24-18-13-6-2-4-8-15(13)23-20(28)25(16)18/h1-8,16H,9-11H2,(H,22,26)(H,24,27). The van der Waals surface area contributed by atoms with Gasteiger partial charge in [-0.05, 0) is 42.4 Å². The average molecular weight is 413 g/mol. The number of halogens is 1. The van der Waals surface area contributed by atoms with Crippen molar-refractivity contribution >= 4 is 52.4 Å². The summed E-state index contributed by atoms with van der Waals surface area (Å²) in [6.45, 7) is 0.345. The Morgan fingerprint density at radius 3 is 2.79 bits per heavy atom. The lowest BCUT2D eigenvalue weighted by atomic mass is 10.1. The molecular weight excluding hydrogens is 396 g/mol. The fourth-order valence-corrected chi connectivity index (χ4v) is 3.86. The maximum absolute atomic E-state index is 12.5. The molecule has 0 radical (unpaired) electrons. The number of amides is 2. The van der Waals surface area contributed by atoms with Gasteiger partial charge in [0.15, 0.2) is 0 Å². The van der Waals surface area contributed by atoms with Crippen molar-refractivity contribution in [2.24, 2.45) is 0 Å². The number of nitrogens with zero attached hydrogens (tertiary/aromatic N) is 2. The number of benzene rings is 2. The van der Waals surface area contributed by atoms with Crippen LogP contribution in [0.5, 0.6) is 0 Å². The first-order valence-electron chi connectivity index (χ1n) is 8.87. The van der Waals surface area contributed by atoms with Crippen LogP contribution in [-0.2, 0) is 16.1 Å². The van der Waals surface area contributed by atoms with Gasteiger partial charge >= 0.3 is 0 Å². The number of nitrogens with one attached hydrogen (secondary N) is 2. The molecule has 0 saturated heterocycles. The zero-order valence-corrected chi connectivity index (χ0v) is 16.4. The maximum atomic E-state index is 12.5. The largest absolute Gasteiger partial charge is 0.352 e.